The fourth-order valence-electron chi connectivity index (χ4n) is 6.52. The molecule has 6 rings (SSSR count). The van der Waals surface area contributed by atoms with Gasteiger partial charge in [0.15, 0.2) is 0 Å². The number of carbonyl (C=O) groups is 3. The highest BCUT2D eigenvalue weighted by molar-refractivity contribution is 6.27. The van der Waals surface area contributed by atoms with Gasteiger partial charge in [-0.2, -0.15) is 5.10 Å². The van der Waals surface area contributed by atoms with Crippen LogP contribution >= 0.6 is 0 Å². The summed E-state index contributed by atoms with van der Waals surface area (Å²) < 4.78 is 2.16. The van der Waals surface area contributed by atoms with Crippen molar-refractivity contribution in [3.05, 3.63) is 59.4 Å². The van der Waals surface area contributed by atoms with Crippen molar-refractivity contribution in [1.82, 2.24) is 20.0 Å². The standard InChI is InChI=1S/C31H37N5O3/c1-30(2,3)19-34-14-12-31(4,13-15-34)35-18-20(17-32-35)16-21-8-9-24-27-22(21)6-5-7-23(27)29(39)36(24)25-10-11-26(37)33-28(25)38/h5-9,17-18,25H,10-16,19H2,1-4H3,(H,33,37,38). The minimum atomic E-state index is -0.676. The van der Waals surface area contributed by atoms with Crippen molar-refractivity contribution in [2.45, 2.75) is 71.4 Å². The first-order valence-corrected chi connectivity index (χ1v) is 14.0. The van der Waals surface area contributed by atoms with Gasteiger partial charge in [-0.05, 0) is 60.2 Å². The van der Waals surface area contributed by atoms with Crippen LogP contribution in [0.25, 0.3) is 10.8 Å². The Morgan fingerprint density at radius 3 is 2.56 bits per heavy atom. The molecule has 1 atom stereocenters. The molecule has 0 aliphatic carbocycles. The quantitative estimate of drug-likeness (QED) is 0.502. The number of imide groups is 1. The van der Waals surface area contributed by atoms with Crippen molar-refractivity contribution in [2.24, 2.45) is 5.41 Å². The lowest BCUT2D eigenvalue weighted by Crippen LogP contribution is -2.53. The van der Waals surface area contributed by atoms with Gasteiger partial charge in [0.05, 0.1) is 17.4 Å². The number of aromatic nitrogens is 2. The predicted molar refractivity (Wildman–Crippen MR) is 151 cm³/mol. The summed E-state index contributed by atoms with van der Waals surface area (Å²) >= 11 is 0. The highest BCUT2D eigenvalue weighted by Crippen LogP contribution is 2.41. The molecule has 3 aromatic rings. The highest BCUT2D eigenvalue weighted by Gasteiger charge is 2.41. The lowest BCUT2D eigenvalue weighted by Gasteiger charge is -2.41. The predicted octanol–water partition coefficient (Wildman–Crippen LogP) is 4.25. The molecular weight excluding hydrogens is 490 g/mol. The minimum absolute atomic E-state index is 0.00349. The summed E-state index contributed by atoms with van der Waals surface area (Å²) in [6, 6.07) is 9.12. The number of nitrogens with one attached hydrogen (secondary N) is 1. The number of hydrogen-bond donors (Lipinski definition) is 1. The first-order chi connectivity index (χ1) is 18.5. The Labute approximate surface area is 229 Å². The van der Waals surface area contributed by atoms with E-state index in [-0.39, 0.29) is 23.8 Å². The van der Waals surface area contributed by atoms with Gasteiger partial charge in [-0.25, -0.2) is 0 Å². The molecule has 2 aromatic carbocycles. The van der Waals surface area contributed by atoms with E-state index in [2.05, 4.69) is 60.9 Å². The molecule has 1 aromatic heterocycles. The first-order valence-electron chi connectivity index (χ1n) is 14.0. The molecule has 0 radical (unpaired) electrons. The lowest BCUT2D eigenvalue weighted by molar-refractivity contribution is -0.134. The summed E-state index contributed by atoms with van der Waals surface area (Å²) in [5, 5.41) is 9.09. The molecule has 8 nitrogen and oxygen atoms in total. The summed E-state index contributed by atoms with van der Waals surface area (Å²) in [5.74, 6) is -0.874. The molecule has 0 spiro atoms. The van der Waals surface area contributed by atoms with Crippen LogP contribution in [0.4, 0.5) is 5.69 Å². The van der Waals surface area contributed by atoms with Crippen LogP contribution in [-0.4, -0.2) is 58.1 Å². The Morgan fingerprint density at radius 1 is 1.08 bits per heavy atom. The minimum Gasteiger partial charge on any atom is -0.303 e. The Hall–Kier alpha value is -3.52. The average molecular weight is 528 g/mol. The molecule has 204 valence electrons. The van der Waals surface area contributed by atoms with Gasteiger partial charge in [-0.1, -0.05) is 39.0 Å². The maximum atomic E-state index is 13.4. The lowest BCUT2D eigenvalue weighted by atomic mass is 9.87. The molecule has 4 heterocycles. The van der Waals surface area contributed by atoms with Gasteiger partial charge in [-0.3, -0.25) is 29.3 Å². The zero-order chi connectivity index (χ0) is 27.5. The molecule has 8 heteroatoms. The number of nitrogens with zero attached hydrogens (tertiary/aromatic N) is 4. The molecule has 0 saturated carbocycles. The number of carbonyl (C=O) groups excluding carboxylic acids is 3. The number of piperidine rings is 2. The van der Waals surface area contributed by atoms with E-state index >= 15 is 0 Å². The third-order valence-corrected chi connectivity index (χ3v) is 8.55. The van der Waals surface area contributed by atoms with Gasteiger partial charge in [0.1, 0.15) is 6.04 Å². The number of amides is 3. The van der Waals surface area contributed by atoms with Crippen molar-refractivity contribution in [1.29, 1.82) is 0 Å². The average Bonchev–Trinajstić information content (AvgIpc) is 3.46. The van der Waals surface area contributed by atoms with Crippen molar-refractivity contribution in [3.63, 3.8) is 0 Å². The van der Waals surface area contributed by atoms with E-state index in [1.54, 1.807) is 4.90 Å². The third kappa shape index (κ3) is 4.65. The molecule has 2 fully saturated rings. The fraction of sp³-hybridized carbons (Fsp3) is 0.484. The van der Waals surface area contributed by atoms with Gasteiger partial charge in [0, 0.05) is 49.6 Å². The maximum Gasteiger partial charge on any atom is 0.259 e. The number of anilines is 1. The van der Waals surface area contributed by atoms with Crippen molar-refractivity contribution < 1.29 is 14.4 Å². The molecule has 1 unspecified atom stereocenters. The van der Waals surface area contributed by atoms with E-state index in [9.17, 15) is 14.4 Å². The molecule has 3 aliphatic rings. The Morgan fingerprint density at radius 2 is 1.85 bits per heavy atom. The maximum absolute atomic E-state index is 13.4. The molecule has 3 aliphatic heterocycles. The van der Waals surface area contributed by atoms with Crippen LogP contribution in [0.15, 0.2) is 42.7 Å². The number of hydrogen-bond acceptors (Lipinski definition) is 5. The molecule has 39 heavy (non-hydrogen) atoms. The largest absolute Gasteiger partial charge is 0.303 e. The van der Waals surface area contributed by atoms with E-state index in [1.807, 2.05) is 24.4 Å². The molecule has 1 N–H and O–H groups in total. The molecule has 2 saturated heterocycles. The molecule has 0 bridgehead atoms. The number of benzene rings is 2. The van der Waals surface area contributed by atoms with E-state index < -0.39 is 11.9 Å². The van der Waals surface area contributed by atoms with Gasteiger partial charge in [0.2, 0.25) is 11.8 Å². The van der Waals surface area contributed by atoms with Crippen LogP contribution in [0.1, 0.15) is 74.9 Å². The first kappa shape index (κ1) is 25.7. The smallest absolute Gasteiger partial charge is 0.259 e. The summed E-state index contributed by atoms with van der Waals surface area (Å²) in [7, 11) is 0. The van der Waals surface area contributed by atoms with Gasteiger partial charge >= 0.3 is 0 Å². The fourth-order valence-corrected chi connectivity index (χ4v) is 6.52. The van der Waals surface area contributed by atoms with E-state index in [0.29, 0.717) is 23.8 Å². The normalized spacial score (nSPS) is 21.6. The Kier molecular flexibility index (Phi) is 6.14. The van der Waals surface area contributed by atoms with Crippen molar-refractivity contribution in [3.8, 4) is 0 Å². The molecule has 3 amide bonds. The topological polar surface area (TPSA) is 87.5 Å². The third-order valence-electron chi connectivity index (χ3n) is 8.55. The van der Waals surface area contributed by atoms with Crippen LogP contribution in [0.2, 0.25) is 0 Å². The Balaban J connectivity index is 1.24. The van der Waals surface area contributed by atoms with Gasteiger partial charge in [-0.15, -0.1) is 0 Å². The van der Waals surface area contributed by atoms with E-state index in [1.165, 1.54) is 0 Å². The van der Waals surface area contributed by atoms with Gasteiger partial charge < -0.3 is 4.90 Å². The zero-order valence-electron chi connectivity index (χ0n) is 23.3. The SMILES string of the molecule is CC(C)(C)CN1CCC(C)(n2cc(Cc3ccc4c5c(cccc35)C(=O)N4C3CCC(=O)NC3=O)cn2)CC1. The second-order valence-corrected chi connectivity index (χ2v) is 12.9. The zero-order valence-corrected chi connectivity index (χ0v) is 23.3. The summed E-state index contributed by atoms with van der Waals surface area (Å²) in [5.41, 5.74) is 3.92. The van der Waals surface area contributed by atoms with Crippen LogP contribution < -0.4 is 10.2 Å². The van der Waals surface area contributed by atoms with Crippen LogP contribution in [0, 0.1) is 5.41 Å². The Bertz CT molecular complexity index is 1480. The van der Waals surface area contributed by atoms with Crippen LogP contribution in [0.5, 0.6) is 0 Å². The van der Waals surface area contributed by atoms with Gasteiger partial charge in [0.25, 0.3) is 5.91 Å². The summed E-state index contributed by atoms with van der Waals surface area (Å²) in [4.78, 5) is 41.9. The van der Waals surface area contributed by atoms with E-state index in [0.717, 1.165) is 60.1 Å². The van der Waals surface area contributed by atoms with Crippen LogP contribution in [-0.2, 0) is 21.5 Å². The highest BCUT2D eigenvalue weighted by atomic mass is 16.2. The second-order valence-electron chi connectivity index (χ2n) is 12.9. The molecular formula is C31H37N5O3. The number of rotatable bonds is 5. The second kappa shape index (κ2) is 9.30. The number of likely N-dealkylation sites (tertiary alicyclic amines) is 1. The van der Waals surface area contributed by atoms with Crippen molar-refractivity contribution >= 4 is 34.2 Å². The summed E-state index contributed by atoms with van der Waals surface area (Å²) in [6.45, 7) is 12.5. The summed E-state index contributed by atoms with van der Waals surface area (Å²) in [6.07, 6.45) is 7.57. The van der Waals surface area contributed by atoms with Crippen LogP contribution in [0.3, 0.4) is 0 Å². The monoisotopic (exact) mass is 527 g/mol. The van der Waals surface area contributed by atoms with Crippen molar-refractivity contribution in [2.75, 3.05) is 24.5 Å². The van der Waals surface area contributed by atoms with E-state index in [4.69, 9.17) is 5.10 Å².